The molecule has 5 nitrogen and oxygen atoms in total. The Morgan fingerprint density at radius 1 is 1.12 bits per heavy atom. The van der Waals surface area contributed by atoms with E-state index in [0.717, 1.165) is 13.0 Å². The fraction of sp³-hybridized carbons (Fsp3) is 0.500. The molecule has 96 valence electrons. The second kappa shape index (κ2) is 7.62. The van der Waals surface area contributed by atoms with Crippen LogP contribution in [0.4, 0.5) is 0 Å². The number of aliphatic carboxylic acids is 2. The zero-order valence-electron chi connectivity index (χ0n) is 10.4. The van der Waals surface area contributed by atoms with Crippen LogP contribution in [-0.2, 0) is 9.59 Å². The van der Waals surface area contributed by atoms with E-state index in [4.69, 9.17) is 10.2 Å². The third kappa shape index (κ3) is 7.30. The number of carboxylic acids is 2. The summed E-state index contributed by atoms with van der Waals surface area (Å²) >= 11 is 0. The van der Waals surface area contributed by atoms with E-state index in [2.05, 4.69) is 0 Å². The molecule has 0 aromatic rings. The molecule has 0 unspecified atom stereocenters. The van der Waals surface area contributed by atoms with Crippen molar-refractivity contribution in [2.45, 2.75) is 19.8 Å². The van der Waals surface area contributed by atoms with Crippen molar-refractivity contribution in [2.24, 2.45) is 0 Å². The highest BCUT2D eigenvalue weighted by Gasteiger charge is 2.06. The van der Waals surface area contributed by atoms with E-state index in [9.17, 15) is 9.59 Å². The molecule has 0 spiro atoms. The van der Waals surface area contributed by atoms with Crippen LogP contribution in [0.15, 0.2) is 23.3 Å². The fourth-order valence-electron chi connectivity index (χ4n) is 1.14. The Bertz CT molecular complexity index is 342. The molecule has 0 fully saturated rings. The number of hydrogen-bond acceptors (Lipinski definition) is 3. The number of nitrogens with zero attached hydrogens (tertiary/aromatic N) is 1. The fourth-order valence-corrected chi connectivity index (χ4v) is 1.14. The molecule has 0 aliphatic carbocycles. The maximum atomic E-state index is 10.9. The van der Waals surface area contributed by atoms with Gasteiger partial charge in [-0.3, -0.25) is 0 Å². The third-order valence-corrected chi connectivity index (χ3v) is 2.20. The molecular formula is C12H19NO4. The van der Waals surface area contributed by atoms with Gasteiger partial charge in [-0.2, -0.15) is 0 Å². The quantitative estimate of drug-likeness (QED) is 0.520. The summed E-state index contributed by atoms with van der Waals surface area (Å²) in [7, 11) is 3.83. The first-order chi connectivity index (χ1) is 7.84. The maximum absolute atomic E-state index is 10.9. The molecule has 0 heterocycles. The SMILES string of the molecule is CC(=CC=C(CCCN(C)C)C(=O)O)C(=O)O. The second-order valence-electron chi connectivity index (χ2n) is 4.06. The summed E-state index contributed by atoms with van der Waals surface area (Å²) in [6, 6.07) is 0. The number of carbonyl (C=O) groups is 2. The van der Waals surface area contributed by atoms with Crippen molar-refractivity contribution in [3.63, 3.8) is 0 Å². The van der Waals surface area contributed by atoms with Gasteiger partial charge in [0, 0.05) is 11.1 Å². The first-order valence-corrected chi connectivity index (χ1v) is 5.33. The zero-order chi connectivity index (χ0) is 13.4. The highest BCUT2D eigenvalue weighted by Crippen LogP contribution is 2.07. The van der Waals surface area contributed by atoms with Gasteiger partial charge in [0.25, 0.3) is 0 Å². The Morgan fingerprint density at radius 2 is 1.71 bits per heavy atom. The van der Waals surface area contributed by atoms with Gasteiger partial charge in [0.15, 0.2) is 0 Å². The maximum Gasteiger partial charge on any atom is 0.331 e. The van der Waals surface area contributed by atoms with E-state index in [1.54, 1.807) is 0 Å². The molecule has 0 aromatic heterocycles. The molecule has 0 aromatic carbocycles. The van der Waals surface area contributed by atoms with Crippen molar-refractivity contribution in [3.8, 4) is 0 Å². The van der Waals surface area contributed by atoms with Crippen LogP contribution in [0, 0.1) is 0 Å². The van der Waals surface area contributed by atoms with Gasteiger partial charge < -0.3 is 15.1 Å². The van der Waals surface area contributed by atoms with Crippen LogP contribution in [0.3, 0.4) is 0 Å². The Balaban J connectivity index is 4.53. The average Bonchev–Trinajstić information content (AvgIpc) is 2.21. The zero-order valence-corrected chi connectivity index (χ0v) is 10.4. The van der Waals surface area contributed by atoms with E-state index in [1.807, 2.05) is 19.0 Å². The van der Waals surface area contributed by atoms with E-state index in [0.29, 0.717) is 6.42 Å². The van der Waals surface area contributed by atoms with Gasteiger partial charge in [-0.1, -0.05) is 12.2 Å². The molecule has 0 bridgehead atoms. The summed E-state index contributed by atoms with van der Waals surface area (Å²) in [5, 5.41) is 17.6. The van der Waals surface area contributed by atoms with Crippen LogP contribution in [0.1, 0.15) is 19.8 Å². The first-order valence-electron chi connectivity index (χ1n) is 5.33. The molecule has 0 atom stereocenters. The molecule has 0 aliphatic heterocycles. The largest absolute Gasteiger partial charge is 0.478 e. The minimum Gasteiger partial charge on any atom is -0.478 e. The van der Waals surface area contributed by atoms with Crippen molar-refractivity contribution < 1.29 is 19.8 Å². The van der Waals surface area contributed by atoms with Crippen molar-refractivity contribution in [1.82, 2.24) is 4.90 Å². The van der Waals surface area contributed by atoms with Crippen LogP contribution in [0.2, 0.25) is 0 Å². The van der Waals surface area contributed by atoms with Gasteiger partial charge in [-0.25, -0.2) is 9.59 Å². The third-order valence-electron chi connectivity index (χ3n) is 2.20. The molecule has 0 rings (SSSR count). The van der Waals surface area contributed by atoms with Gasteiger partial charge in [-0.05, 0) is 40.4 Å². The Hall–Kier alpha value is -1.62. The van der Waals surface area contributed by atoms with Crippen LogP contribution in [0.5, 0.6) is 0 Å². The Kier molecular flexibility index (Phi) is 6.89. The second-order valence-corrected chi connectivity index (χ2v) is 4.06. The lowest BCUT2D eigenvalue weighted by Gasteiger charge is -2.08. The van der Waals surface area contributed by atoms with Crippen molar-refractivity contribution in [2.75, 3.05) is 20.6 Å². The summed E-state index contributed by atoms with van der Waals surface area (Å²) in [6.45, 7) is 2.23. The molecule has 2 N–H and O–H groups in total. The molecular weight excluding hydrogens is 222 g/mol. The van der Waals surface area contributed by atoms with E-state index in [-0.39, 0.29) is 11.1 Å². The molecule has 0 saturated carbocycles. The van der Waals surface area contributed by atoms with Gasteiger partial charge in [-0.15, -0.1) is 0 Å². The lowest BCUT2D eigenvalue weighted by Crippen LogP contribution is -2.13. The van der Waals surface area contributed by atoms with Crippen molar-refractivity contribution in [1.29, 1.82) is 0 Å². The number of rotatable bonds is 7. The Morgan fingerprint density at radius 3 is 2.12 bits per heavy atom. The normalized spacial score (nSPS) is 12.9. The van der Waals surface area contributed by atoms with Crippen molar-refractivity contribution in [3.05, 3.63) is 23.3 Å². The lowest BCUT2D eigenvalue weighted by atomic mass is 10.1. The number of allylic oxidation sites excluding steroid dienone is 2. The molecule has 0 radical (unpaired) electrons. The minimum absolute atomic E-state index is 0.122. The molecule has 5 heteroatoms. The summed E-state index contributed by atoms with van der Waals surface area (Å²) < 4.78 is 0. The van der Waals surface area contributed by atoms with Crippen LogP contribution < -0.4 is 0 Å². The summed E-state index contributed by atoms with van der Waals surface area (Å²) in [6.07, 6.45) is 3.84. The van der Waals surface area contributed by atoms with Crippen LogP contribution in [-0.4, -0.2) is 47.7 Å². The number of hydrogen-bond donors (Lipinski definition) is 2. The topological polar surface area (TPSA) is 77.8 Å². The molecule has 0 aliphatic rings. The smallest absolute Gasteiger partial charge is 0.331 e. The predicted octanol–water partition coefficient (Wildman–Crippen LogP) is 1.37. The van der Waals surface area contributed by atoms with E-state index < -0.39 is 11.9 Å². The number of carboxylic acid groups (broad SMARTS) is 2. The van der Waals surface area contributed by atoms with E-state index >= 15 is 0 Å². The standard InChI is InChI=1S/C12H19NO4/c1-9(11(14)15)6-7-10(12(16)17)5-4-8-13(2)3/h6-7H,4-5,8H2,1-3H3,(H,14,15)(H,16,17). The lowest BCUT2D eigenvalue weighted by molar-refractivity contribution is -0.133. The van der Waals surface area contributed by atoms with Gasteiger partial charge in [0.2, 0.25) is 0 Å². The highest BCUT2D eigenvalue weighted by molar-refractivity contribution is 5.89. The van der Waals surface area contributed by atoms with Gasteiger partial charge in [0.1, 0.15) is 0 Å². The predicted molar refractivity (Wildman–Crippen MR) is 64.9 cm³/mol. The van der Waals surface area contributed by atoms with Gasteiger partial charge >= 0.3 is 11.9 Å². The molecule has 17 heavy (non-hydrogen) atoms. The minimum atomic E-state index is -1.04. The monoisotopic (exact) mass is 241 g/mol. The molecule has 0 saturated heterocycles. The van der Waals surface area contributed by atoms with Crippen LogP contribution in [0.25, 0.3) is 0 Å². The highest BCUT2D eigenvalue weighted by atomic mass is 16.4. The first kappa shape index (κ1) is 15.4. The van der Waals surface area contributed by atoms with Crippen molar-refractivity contribution >= 4 is 11.9 Å². The average molecular weight is 241 g/mol. The summed E-state index contributed by atoms with van der Waals surface area (Å²) in [4.78, 5) is 23.4. The van der Waals surface area contributed by atoms with E-state index in [1.165, 1.54) is 19.1 Å². The van der Waals surface area contributed by atoms with Gasteiger partial charge in [0.05, 0.1) is 0 Å². The van der Waals surface area contributed by atoms with Crippen LogP contribution >= 0.6 is 0 Å². The molecule has 0 amide bonds. The Labute approximate surface area is 101 Å². The summed E-state index contributed by atoms with van der Waals surface area (Å²) in [5.41, 5.74) is 0.351. The summed E-state index contributed by atoms with van der Waals surface area (Å²) in [5.74, 6) is -2.04.